The number of amides is 2. The molecular weight excluding hydrogens is 248 g/mol. The maximum atomic E-state index is 11.5. The van der Waals surface area contributed by atoms with Crippen molar-refractivity contribution in [1.82, 2.24) is 0 Å². The molecule has 0 bridgehead atoms. The summed E-state index contributed by atoms with van der Waals surface area (Å²) in [6, 6.07) is 0. The number of carbonyl (C=O) groups is 2. The Hall–Kier alpha value is -1.80. The van der Waals surface area contributed by atoms with Crippen molar-refractivity contribution in [3.63, 3.8) is 0 Å². The second-order valence-electron chi connectivity index (χ2n) is 4.11. The van der Waals surface area contributed by atoms with E-state index >= 15 is 0 Å². The smallest absolute Gasteiger partial charge is 0.300 e. The van der Waals surface area contributed by atoms with Gasteiger partial charge in [-0.25, -0.2) is 0 Å². The lowest BCUT2D eigenvalue weighted by molar-refractivity contribution is -0.111. The molecule has 4 nitrogen and oxygen atoms in total. The van der Waals surface area contributed by atoms with Crippen molar-refractivity contribution in [2.24, 2.45) is 5.73 Å². The minimum absolute atomic E-state index is 0.404. The number of anilines is 1. The van der Waals surface area contributed by atoms with Crippen molar-refractivity contribution in [3.05, 3.63) is 16.0 Å². The Kier molecular flexibility index (Phi) is 3.68. The third-order valence-electron chi connectivity index (χ3n) is 2.88. The summed E-state index contributed by atoms with van der Waals surface area (Å²) in [7, 11) is 0. The van der Waals surface area contributed by atoms with Crippen LogP contribution in [0.2, 0.25) is 0 Å². The molecule has 1 aliphatic rings. The molecule has 0 aromatic carbocycles. The fraction of sp³-hybridized carbons (Fsp3) is 0.385. The van der Waals surface area contributed by atoms with E-state index in [4.69, 9.17) is 5.73 Å². The first kappa shape index (κ1) is 12.7. The Balaban J connectivity index is 2.39. The number of nitrogens with two attached hydrogens (primary N) is 1. The maximum absolute atomic E-state index is 11.5. The van der Waals surface area contributed by atoms with Crippen LogP contribution in [0.1, 0.15) is 40.6 Å². The van der Waals surface area contributed by atoms with Crippen LogP contribution in [-0.4, -0.2) is 11.8 Å². The van der Waals surface area contributed by atoms with Crippen molar-refractivity contribution in [1.29, 1.82) is 0 Å². The number of carbonyl (C=O) groups excluding carboxylic acids is 2. The zero-order valence-corrected chi connectivity index (χ0v) is 10.9. The molecule has 1 aromatic heterocycles. The van der Waals surface area contributed by atoms with Gasteiger partial charge in [-0.05, 0) is 44.1 Å². The SMILES string of the molecule is CC#CC(=O)Nc1sc2c(c1C(N)=O)CCCC2. The van der Waals surface area contributed by atoms with Gasteiger partial charge in [0.2, 0.25) is 0 Å². The standard InChI is InChI=1S/C13H14N2O2S/c1-2-5-10(16)15-13-11(12(14)17)8-6-3-4-7-9(8)18-13/h3-4,6-7H2,1H3,(H2,14,17)(H,15,16). The fourth-order valence-electron chi connectivity index (χ4n) is 2.16. The molecule has 5 heteroatoms. The molecule has 0 fully saturated rings. The third-order valence-corrected chi connectivity index (χ3v) is 4.09. The summed E-state index contributed by atoms with van der Waals surface area (Å²) < 4.78 is 0. The molecule has 0 saturated carbocycles. The third kappa shape index (κ3) is 2.39. The van der Waals surface area contributed by atoms with Gasteiger partial charge in [0.15, 0.2) is 0 Å². The maximum Gasteiger partial charge on any atom is 0.300 e. The molecule has 0 saturated heterocycles. The van der Waals surface area contributed by atoms with Gasteiger partial charge in [-0.3, -0.25) is 9.59 Å². The topological polar surface area (TPSA) is 72.2 Å². The van der Waals surface area contributed by atoms with Crippen molar-refractivity contribution in [2.75, 3.05) is 5.32 Å². The van der Waals surface area contributed by atoms with Crippen molar-refractivity contribution in [3.8, 4) is 11.8 Å². The lowest BCUT2D eigenvalue weighted by atomic mass is 9.95. The average Bonchev–Trinajstić information content (AvgIpc) is 2.66. The van der Waals surface area contributed by atoms with E-state index in [1.54, 1.807) is 6.92 Å². The van der Waals surface area contributed by atoms with Crippen LogP contribution in [0.4, 0.5) is 5.00 Å². The molecular formula is C13H14N2O2S. The first-order valence-electron chi connectivity index (χ1n) is 5.81. The molecule has 0 radical (unpaired) electrons. The zero-order valence-electron chi connectivity index (χ0n) is 10.1. The van der Waals surface area contributed by atoms with E-state index in [-0.39, 0.29) is 0 Å². The van der Waals surface area contributed by atoms with Crippen LogP contribution >= 0.6 is 11.3 Å². The summed E-state index contributed by atoms with van der Waals surface area (Å²) >= 11 is 1.44. The molecule has 94 valence electrons. The molecule has 1 aliphatic carbocycles. The number of fused-ring (bicyclic) bond motifs is 1. The van der Waals surface area contributed by atoms with E-state index in [0.717, 1.165) is 36.1 Å². The van der Waals surface area contributed by atoms with Crippen LogP contribution in [0.5, 0.6) is 0 Å². The highest BCUT2D eigenvalue weighted by Gasteiger charge is 2.24. The van der Waals surface area contributed by atoms with Gasteiger partial charge in [0, 0.05) is 4.88 Å². The number of thiophene rings is 1. The van der Waals surface area contributed by atoms with Gasteiger partial charge in [0.05, 0.1) is 5.56 Å². The monoisotopic (exact) mass is 262 g/mol. The van der Waals surface area contributed by atoms with Crippen LogP contribution in [0.3, 0.4) is 0 Å². The lowest BCUT2D eigenvalue weighted by Crippen LogP contribution is -2.17. The summed E-state index contributed by atoms with van der Waals surface area (Å²) in [5, 5.41) is 3.20. The molecule has 1 heterocycles. The van der Waals surface area contributed by atoms with Crippen LogP contribution in [0.25, 0.3) is 0 Å². The van der Waals surface area contributed by atoms with E-state index in [1.165, 1.54) is 11.3 Å². The molecule has 0 spiro atoms. The summed E-state index contributed by atoms with van der Waals surface area (Å²) in [5.74, 6) is 4.04. The summed E-state index contributed by atoms with van der Waals surface area (Å²) in [6.07, 6.45) is 4.00. The molecule has 0 unspecified atom stereocenters. The zero-order chi connectivity index (χ0) is 13.1. The molecule has 18 heavy (non-hydrogen) atoms. The van der Waals surface area contributed by atoms with Gasteiger partial charge in [-0.1, -0.05) is 5.92 Å². The Labute approximate surface area is 110 Å². The largest absolute Gasteiger partial charge is 0.365 e. The van der Waals surface area contributed by atoms with Gasteiger partial charge in [0.25, 0.3) is 5.91 Å². The molecule has 3 N–H and O–H groups in total. The molecule has 1 aromatic rings. The van der Waals surface area contributed by atoms with Gasteiger partial charge >= 0.3 is 5.91 Å². The van der Waals surface area contributed by atoms with Crippen molar-refractivity contribution in [2.45, 2.75) is 32.6 Å². The Morgan fingerprint density at radius 1 is 1.33 bits per heavy atom. The van der Waals surface area contributed by atoms with Gasteiger partial charge in [0.1, 0.15) is 5.00 Å². The van der Waals surface area contributed by atoms with E-state index in [9.17, 15) is 9.59 Å². The first-order valence-corrected chi connectivity index (χ1v) is 6.63. The van der Waals surface area contributed by atoms with E-state index in [1.807, 2.05) is 0 Å². The highest BCUT2D eigenvalue weighted by molar-refractivity contribution is 7.17. The van der Waals surface area contributed by atoms with Crippen LogP contribution in [-0.2, 0) is 17.6 Å². The molecule has 2 amide bonds. The fourth-order valence-corrected chi connectivity index (χ4v) is 3.45. The van der Waals surface area contributed by atoms with Crippen LogP contribution < -0.4 is 11.1 Å². The van der Waals surface area contributed by atoms with Crippen LogP contribution in [0, 0.1) is 11.8 Å². The van der Waals surface area contributed by atoms with E-state index < -0.39 is 11.8 Å². The predicted molar refractivity (Wildman–Crippen MR) is 71.6 cm³/mol. The summed E-state index contributed by atoms with van der Waals surface area (Å²) in [5.41, 5.74) is 6.90. The quantitative estimate of drug-likeness (QED) is 0.796. The molecule has 0 atom stereocenters. The number of rotatable bonds is 2. The van der Waals surface area contributed by atoms with Crippen molar-refractivity contribution < 1.29 is 9.59 Å². The Morgan fingerprint density at radius 2 is 2.06 bits per heavy atom. The lowest BCUT2D eigenvalue weighted by Gasteiger charge is -2.11. The van der Waals surface area contributed by atoms with Gasteiger partial charge in [-0.15, -0.1) is 11.3 Å². The van der Waals surface area contributed by atoms with Gasteiger partial charge in [-0.2, -0.15) is 0 Å². The number of primary amides is 1. The predicted octanol–water partition coefficient (Wildman–Crippen LogP) is 1.69. The second-order valence-corrected chi connectivity index (χ2v) is 5.21. The molecule has 2 rings (SSSR count). The highest BCUT2D eigenvalue weighted by atomic mass is 32.1. The highest BCUT2D eigenvalue weighted by Crippen LogP contribution is 2.37. The Morgan fingerprint density at radius 3 is 2.72 bits per heavy atom. The number of hydrogen-bond acceptors (Lipinski definition) is 3. The average molecular weight is 262 g/mol. The van der Waals surface area contributed by atoms with E-state index in [0.29, 0.717) is 10.6 Å². The normalized spacial score (nSPS) is 13.2. The number of aryl methyl sites for hydroxylation is 1. The van der Waals surface area contributed by atoms with Crippen LogP contribution in [0.15, 0.2) is 0 Å². The minimum atomic E-state index is -0.478. The second kappa shape index (κ2) is 5.23. The number of hydrogen-bond donors (Lipinski definition) is 2. The number of nitrogens with one attached hydrogen (secondary N) is 1. The van der Waals surface area contributed by atoms with Crippen molar-refractivity contribution >= 4 is 28.2 Å². The van der Waals surface area contributed by atoms with E-state index in [2.05, 4.69) is 17.2 Å². The minimum Gasteiger partial charge on any atom is -0.365 e. The Bertz CT molecular complexity index is 564. The molecule has 0 aliphatic heterocycles. The first-order chi connectivity index (χ1) is 8.63. The van der Waals surface area contributed by atoms with Gasteiger partial charge < -0.3 is 11.1 Å². The summed E-state index contributed by atoms with van der Waals surface area (Å²) in [4.78, 5) is 24.2. The summed E-state index contributed by atoms with van der Waals surface area (Å²) in [6.45, 7) is 1.59.